The van der Waals surface area contributed by atoms with Crippen molar-refractivity contribution in [2.24, 2.45) is 0 Å². The molecule has 0 saturated heterocycles. The maximum absolute atomic E-state index is 13.4. The molecule has 0 spiro atoms. The van der Waals surface area contributed by atoms with Crippen LogP contribution in [-0.4, -0.2) is 36.0 Å². The molecule has 174 valence electrons. The average molecular weight is 522 g/mol. The molecule has 2 aromatic carbocycles. The van der Waals surface area contributed by atoms with Crippen molar-refractivity contribution in [1.29, 1.82) is 0 Å². The van der Waals surface area contributed by atoms with E-state index in [2.05, 4.69) is 4.72 Å². The van der Waals surface area contributed by atoms with Gasteiger partial charge in [-0.05, 0) is 47.1 Å². The lowest BCUT2D eigenvalue weighted by Crippen LogP contribution is -2.49. The Morgan fingerprint density at radius 3 is 2.39 bits per heavy atom. The maximum Gasteiger partial charge on any atom is 0.325 e. The minimum atomic E-state index is -4.06. The molecule has 9 heteroatoms. The van der Waals surface area contributed by atoms with Crippen molar-refractivity contribution in [2.45, 2.75) is 40.7 Å². The van der Waals surface area contributed by atoms with Crippen molar-refractivity contribution in [3.63, 3.8) is 0 Å². The molecule has 2 atom stereocenters. The molecule has 5 nitrogen and oxygen atoms in total. The summed E-state index contributed by atoms with van der Waals surface area (Å²) in [7, 11) is -4.06. The molecule has 1 aromatic heterocycles. The highest BCUT2D eigenvalue weighted by Gasteiger charge is 2.74. The first-order chi connectivity index (χ1) is 15.6. The van der Waals surface area contributed by atoms with Gasteiger partial charge in [0.15, 0.2) is 0 Å². The number of sulfonamides is 1. The maximum atomic E-state index is 13.4. The number of carboxylic acids is 1. The molecule has 0 radical (unpaired) electrons. The van der Waals surface area contributed by atoms with E-state index in [4.69, 9.17) is 11.6 Å². The third-order valence-electron chi connectivity index (χ3n) is 5.90. The van der Waals surface area contributed by atoms with Crippen LogP contribution in [0.5, 0.6) is 0 Å². The first kappa shape index (κ1) is 24.3. The van der Waals surface area contributed by atoms with E-state index in [1.54, 1.807) is 30.0 Å². The number of carbonyl (C=O) groups is 1. The van der Waals surface area contributed by atoms with Crippen LogP contribution < -0.4 is 4.72 Å². The summed E-state index contributed by atoms with van der Waals surface area (Å²) in [6, 6.07) is 19.7. The van der Waals surface area contributed by atoms with E-state index in [0.29, 0.717) is 10.8 Å². The van der Waals surface area contributed by atoms with Crippen LogP contribution in [0, 0.1) is 0 Å². The fourth-order valence-corrected chi connectivity index (χ4v) is 8.05. The van der Waals surface area contributed by atoms with E-state index in [1.165, 1.54) is 6.07 Å². The van der Waals surface area contributed by atoms with Crippen molar-refractivity contribution < 1.29 is 18.3 Å². The Morgan fingerprint density at radius 1 is 1.12 bits per heavy atom. The molecule has 0 bridgehead atoms. The van der Waals surface area contributed by atoms with Gasteiger partial charge in [0.1, 0.15) is 9.75 Å². The molecule has 1 saturated carbocycles. The smallest absolute Gasteiger partial charge is 0.325 e. The molecule has 1 unspecified atom stereocenters. The van der Waals surface area contributed by atoms with Crippen LogP contribution in [-0.2, 0) is 20.2 Å². The van der Waals surface area contributed by atoms with Crippen LogP contribution in [0.2, 0.25) is 5.02 Å². The lowest BCUT2D eigenvalue weighted by molar-refractivity contribution is -0.140. The molecule has 1 heterocycles. The number of carboxylic acid groups (broad SMARTS) is 1. The van der Waals surface area contributed by atoms with E-state index >= 15 is 0 Å². The van der Waals surface area contributed by atoms with Gasteiger partial charge < -0.3 is 5.11 Å². The molecule has 33 heavy (non-hydrogen) atoms. The first-order valence-corrected chi connectivity index (χ1v) is 14.1. The Balaban J connectivity index is 1.68. The quantitative estimate of drug-likeness (QED) is 0.380. The molecule has 3 aromatic rings. The van der Waals surface area contributed by atoms with Gasteiger partial charge in [-0.15, -0.1) is 11.3 Å². The van der Waals surface area contributed by atoms with Gasteiger partial charge in [0.25, 0.3) is 10.0 Å². The Kier molecular flexibility index (Phi) is 6.68. The number of thioether (sulfide) groups is 1. The number of rotatable bonds is 9. The van der Waals surface area contributed by atoms with E-state index in [-0.39, 0.29) is 15.9 Å². The summed E-state index contributed by atoms with van der Waals surface area (Å²) in [5.74, 6) is -0.655. The number of hydrogen-bond acceptors (Lipinski definition) is 5. The van der Waals surface area contributed by atoms with E-state index in [1.807, 2.05) is 56.3 Å². The molecule has 1 aliphatic carbocycles. The zero-order valence-corrected chi connectivity index (χ0v) is 21.3. The van der Waals surface area contributed by atoms with Crippen LogP contribution in [0.3, 0.4) is 0 Å². The summed E-state index contributed by atoms with van der Waals surface area (Å²) < 4.78 is 29.4. The predicted octanol–water partition coefficient (Wildman–Crippen LogP) is 5.65. The lowest BCUT2D eigenvalue weighted by Gasteiger charge is -2.25. The normalized spacial score (nSPS) is 22.4. The standard InChI is InChI=1S/C24H24ClNO4S3/c1-16(2)31-15-23(18-6-4-3-5-7-18)14-24(23,22(27)28)26-33(29,30)21-13-12-20(32-21)17-8-10-19(25)11-9-17/h3-13,16,26H,14-15H2,1-2H3,(H,27,28)/t23-,24?/m1/s1. The Bertz CT molecular complexity index is 1260. The van der Waals surface area contributed by atoms with Crippen molar-refractivity contribution in [3.8, 4) is 10.4 Å². The molecular weight excluding hydrogens is 498 g/mol. The molecule has 2 N–H and O–H groups in total. The highest BCUT2D eigenvalue weighted by atomic mass is 35.5. The van der Waals surface area contributed by atoms with Gasteiger partial charge >= 0.3 is 5.97 Å². The molecule has 1 fully saturated rings. The van der Waals surface area contributed by atoms with Gasteiger partial charge in [-0.2, -0.15) is 16.5 Å². The number of benzene rings is 2. The zero-order valence-electron chi connectivity index (χ0n) is 18.1. The molecule has 0 amide bonds. The molecule has 4 rings (SSSR count). The highest BCUT2D eigenvalue weighted by molar-refractivity contribution is 7.99. The van der Waals surface area contributed by atoms with Crippen LogP contribution in [0.1, 0.15) is 25.8 Å². The summed E-state index contributed by atoms with van der Waals surface area (Å²) in [5.41, 5.74) is -0.744. The fourth-order valence-electron chi connectivity index (χ4n) is 4.05. The second kappa shape index (κ2) is 9.07. The summed E-state index contributed by atoms with van der Waals surface area (Å²) >= 11 is 8.68. The third kappa shape index (κ3) is 4.59. The summed E-state index contributed by atoms with van der Waals surface area (Å²) in [4.78, 5) is 13.3. The van der Waals surface area contributed by atoms with Crippen LogP contribution >= 0.6 is 34.7 Å². The van der Waals surface area contributed by atoms with Crippen LogP contribution in [0.25, 0.3) is 10.4 Å². The van der Waals surface area contributed by atoms with Crippen molar-refractivity contribution >= 4 is 50.7 Å². The summed E-state index contributed by atoms with van der Waals surface area (Å²) in [6.07, 6.45) is 0.202. The van der Waals surface area contributed by atoms with E-state index < -0.39 is 26.9 Å². The second-order valence-electron chi connectivity index (χ2n) is 8.43. The highest BCUT2D eigenvalue weighted by Crippen LogP contribution is 2.60. The minimum Gasteiger partial charge on any atom is -0.480 e. The summed E-state index contributed by atoms with van der Waals surface area (Å²) in [5, 5.41) is 11.1. The van der Waals surface area contributed by atoms with Crippen molar-refractivity contribution in [2.75, 3.05) is 5.75 Å². The Hall–Kier alpha value is -1.84. The minimum absolute atomic E-state index is 0.0819. The monoisotopic (exact) mass is 521 g/mol. The fraction of sp³-hybridized carbons (Fsp3) is 0.292. The summed E-state index contributed by atoms with van der Waals surface area (Å²) in [6.45, 7) is 4.09. The Morgan fingerprint density at radius 2 is 1.79 bits per heavy atom. The number of hydrogen-bond donors (Lipinski definition) is 2. The van der Waals surface area contributed by atoms with Crippen LogP contribution in [0.15, 0.2) is 70.9 Å². The number of aliphatic carboxylic acids is 1. The van der Waals surface area contributed by atoms with Gasteiger partial charge in [0, 0.05) is 21.1 Å². The SMILES string of the molecule is CC(C)SC[C@@]1(c2ccccc2)CC1(NS(=O)(=O)c1ccc(-c2ccc(Cl)cc2)s1)C(=O)O. The van der Waals surface area contributed by atoms with Gasteiger partial charge in [0.2, 0.25) is 0 Å². The van der Waals surface area contributed by atoms with E-state index in [9.17, 15) is 18.3 Å². The average Bonchev–Trinajstić information content (AvgIpc) is 3.15. The topological polar surface area (TPSA) is 83.5 Å². The molecule has 1 aliphatic rings. The number of thiophene rings is 1. The lowest BCUT2D eigenvalue weighted by atomic mass is 9.92. The van der Waals surface area contributed by atoms with Crippen molar-refractivity contribution in [1.82, 2.24) is 4.72 Å². The number of halogens is 1. The van der Waals surface area contributed by atoms with Crippen molar-refractivity contribution in [3.05, 3.63) is 77.3 Å². The first-order valence-electron chi connectivity index (χ1n) is 10.4. The van der Waals surface area contributed by atoms with Gasteiger partial charge in [-0.3, -0.25) is 4.79 Å². The predicted molar refractivity (Wildman–Crippen MR) is 136 cm³/mol. The second-order valence-corrected chi connectivity index (χ2v) is 13.4. The zero-order chi connectivity index (χ0) is 23.9. The largest absolute Gasteiger partial charge is 0.480 e. The Labute approximate surface area is 207 Å². The number of nitrogens with one attached hydrogen (secondary N) is 1. The van der Waals surface area contributed by atoms with Gasteiger partial charge in [0.05, 0.1) is 0 Å². The van der Waals surface area contributed by atoms with Gasteiger partial charge in [-0.25, -0.2) is 8.42 Å². The van der Waals surface area contributed by atoms with E-state index in [0.717, 1.165) is 27.3 Å². The van der Waals surface area contributed by atoms with Gasteiger partial charge in [-0.1, -0.05) is 67.9 Å². The van der Waals surface area contributed by atoms with Crippen LogP contribution in [0.4, 0.5) is 0 Å². The molecular formula is C24H24ClNO4S3. The molecule has 0 aliphatic heterocycles. The third-order valence-corrected chi connectivity index (χ3v) is 10.6.